The summed E-state index contributed by atoms with van der Waals surface area (Å²) in [6, 6.07) is 4.78. The van der Waals surface area contributed by atoms with Gasteiger partial charge >= 0.3 is 0 Å². The van der Waals surface area contributed by atoms with E-state index in [0.717, 1.165) is 6.26 Å². The molecule has 16 heavy (non-hydrogen) atoms. The summed E-state index contributed by atoms with van der Waals surface area (Å²) in [5, 5.41) is 0.757. The van der Waals surface area contributed by atoms with E-state index < -0.39 is 15.6 Å². The summed E-state index contributed by atoms with van der Waals surface area (Å²) in [7, 11) is -3.27. The van der Waals surface area contributed by atoms with Crippen LogP contribution >= 0.6 is 23.2 Å². The number of carbonyl (C=O) groups excluding carboxylic acids is 1. The Labute approximate surface area is 104 Å². The van der Waals surface area contributed by atoms with Crippen molar-refractivity contribution >= 4 is 38.8 Å². The molecule has 0 bridgehead atoms. The van der Waals surface area contributed by atoms with Crippen LogP contribution in [0.3, 0.4) is 0 Å². The molecule has 0 aliphatic carbocycles. The van der Waals surface area contributed by atoms with Crippen LogP contribution in [0.5, 0.6) is 0 Å². The molecule has 0 radical (unpaired) electrons. The highest BCUT2D eigenvalue weighted by atomic mass is 35.5. The summed E-state index contributed by atoms with van der Waals surface area (Å²) in [5.74, 6) is -0.811. The number of ketones is 1. The average Bonchev–Trinajstić information content (AvgIpc) is 2.08. The van der Waals surface area contributed by atoms with Crippen molar-refractivity contribution < 1.29 is 13.2 Å². The molecular formula is C10H10Cl2O3S. The predicted octanol–water partition coefficient (Wildman–Crippen LogP) is 2.15. The van der Waals surface area contributed by atoms with Gasteiger partial charge in [0.05, 0.1) is 10.0 Å². The SMILES string of the molecule is CS(=O)(=O)CC(=O)Cc1ccc(Cl)c(Cl)c1. The largest absolute Gasteiger partial charge is 0.298 e. The number of sulfone groups is 1. The van der Waals surface area contributed by atoms with E-state index in [1.165, 1.54) is 0 Å². The van der Waals surface area contributed by atoms with E-state index in [1.807, 2.05) is 0 Å². The molecule has 0 aromatic heterocycles. The Bertz CT molecular complexity index is 509. The molecule has 0 N–H and O–H groups in total. The summed E-state index contributed by atoms with van der Waals surface area (Å²) in [6.07, 6.45) is 1.07. The monoisotopic (exact) mass is 280 g/mol. The van der Waals surface area contributed by atoms with Gasteiger partial charge in [0.1, 0.15) is 5.75 Å². The quantitative estimate of drug-likeness (QED) is 0.849. The predicted molar refractivity (Wildman–Crippen MR) is 64.9 cm³/mol. The van der Waals surface area contributed by atoms with Gasteiger partial charge < -0.3 is 0 Å². The Morgan fingerprint density at radius 3 is 2.38 bits per heavy atom. The Kier molecular flexibility index (Phi) is 4.35. The summed E-state index contributed by atoms with van der Waals surface area (Å²) >= 11 is 11.5. The maximum absolute atomic E-state index is 11.4. The lowest BCUT2D eigenvalue weighted by atomic mass is 10.1. The summed E-state index contributed by atoms with van der Waals surface area (Å²) in [6.45, 7) is 0. The van der Waals surface area contributed by atoms with E-state index in [1.54, 1.807) is 18.2 Å². The molecule has 88 valence electrons. The van der Waals surface area contributed by atoms with Crippen LogP contribution in [0, 0.1) is 0 Å². The minimum Gasteiger partial charge on any atom is -0.298 e. The van der Waals surface area contributed by atoms with Gasteiger partial charge in [-0.15, -0.1) is 0 Å². The third-order valence-corrected chi connectivity index (χ3v) is 3.39. The van der Waals surface area contributed by atoms with Crippen molar-refractivity contribution in [1.29, 1.82) is 0 Å². The van der Waals surface area contributed by atoms with Crippen LogP contribution in [0.1, 0.15) is 5.56 Å². The molecule has 0 saturated carbocycles. The van der Waals surface area contributed by atoms with Gasteiger partial charge in [-0.05, 0) is 17.7 Å². The van der Waals surface area contributed by atoms with Crippen LogP contribution in [-0.2, 0) is 21.1 Å². The molecule has 0 saturated heterocycles. The van der Waals surface area contributed by atoms with Gasteiger partial charge in [0.2, 0.25) is 0 Å². The number of hydrogen-bond donors (Lipinski definition) is 0. The molecule has 0 aliphatic rings. The molecular weight excluding hydrogens is 271 g/mol. The molecule has 0 amide bonds. The van der Waals surface area contributed by atoms with Crippen molar-refractivity contribution in [3.63, 3.8) is 0 Å². The molecule has 0 fully saturated rings. The minimum absolute atomic E-state index is 0.0456. The third-order valence-electron chi connectivity index (χ3n) is 1.81. The highest BCUT2D eigenvalue weighted by Crippen LogP contribution is 2.22. The Morgan fingerprint density at radius 1 is 1.25 bits per heavy atom. The van der Waals surface area contributed by atoms with Crippen LogP contribution in [0.25, 0.3) is 0 Å². The van der Waals surface area contributed by atoms with Crippen molar-refractivity contribution in [1.82, 2.24) is 0 Å². The first-order chi connectivity index (χ1) is 7.28. The Balaban J connectivity index is 2.74. The molecule has 0 heterocycles. The van der Waals surface area contributed by atoms with Crippen LogP contribution in [0.4, 0.5) is 0 Å². The number of benzene rings is 1. The van der Waals surface area contributed by atoms with E-state index in [4.69, 9.17) is 23.2 Å². The number of Topliss-reactive ketones (excluding diaryl/α,β-unsaturated/α-hetero) is 1. The molecule has 0 spiro atoms. The first-order valence-electron chi connectivity index (χ1n) is 4.41. The summed E-state index contributed by atoms with van der Waals surface area (Å²) < 4.78 is 21.8. The molecule has 1 aromatic carbocycles. The van der Waals surface area contributed by atoms with Gasteiger partial charge in [0.15, 0.2) is 15.6 Å². The van der Waals surface area contributed by atoms with Gasteiger partial charge in [0.25, 0.3) is 0 Å². The fourth-order valence-electron chi connectivity index (χ4n) is 1.22. The maximum atomic E-state index is 11.4. The van der Waals surface area contributed by atoms with Crippen molar-refractivity contribution in [2.45, 2.75) is 6.42 Å². The average molecular weight is 281 g/mol. The van der Waals surface area contributed by atoms with Crippen LogP contribution in [0.15, 0.2) is 18.2 Å². The molecule has 0 unspecified atom stereocenters. The maximum Gasteiger partial charge on any atom is 0.154 e. The molecule has 1 aromatic rings. The van der Waals surface area contributed by atoms with Crippen molar-refractivity contribution in [2.75, 3.05) is 12.0 Å². The lowest BCUT2D eigenvalue weighted by Gasteiger charge is -2.02. The van der Waals surface area contributed by atoms with Gasteiger partial charge in [-0.2, -0.15) is 0 Å². The smallest absolute Gasteiger partial charge is 0.154 e. The third kappa shape index (κ3) is 4.51. The standard InChI is InChI=1S/C10H10Cl2O3S/c1-16(14,15)6-8(13)4-7-2-3-9(11)10(12)5-7/h2-3,5H,4,6H2,1H3. The number of hydrogen-bond acceptors (Lipinski definition) is 3. The molecule has 0 aliphatic heterocycles. The first kappa shape index (κ1) is 13.5. The number of halogens is 2. The highest BCUT2D eigenvalue weighted by molar-refractivity contribution is 7.91. The second-order valence-electron chi connectivity index (χ2n) is 3.53. The van der Waals surface area contributed by atoms with Crippen LogP contribution in [0.2, 0.25) is 10.0 Å². The summed E-state index contributed by atoms with van der Waals surface area (Å²) in [5.41, 5.74) is 0.656. The summed E-state index contributed by atoms with van der Waals surface area (Å²) in [4.78, 5) is 11.4. The zero-order chi connectivity index (χ0) is 12.3. The topological polar surface area (TPSA) is 51.2 Å². The lowest BCUT2D eigenvalue weighted by Crippen LogP contribution is -2.16. The lowest BCUT2D eigenvalue weighted by molar-refractivity contribution is -0.116. The van der Waals surface area contributed by atoms with Gasteiger partial charge in [-0.25, -0.2) is 8.42 Å². The second kappa shape index (κ2) is 5.17. The van der Waals surface area contributed by atoms with E-state index >= 15 is 0 Å². The van der Waals surface area contributed by atoms with E-state index in [-0.39, 0.29) is 12.2 Å². The fraction of sp³-hybridized carbons (Fsp3) is 0.300. The normalized spacial score (nSPS) is 11.4. The Hall–Kier alpha value is -0.580. The number of rotatable bonds is 4. The minimum atomic E-state index is -3.27. The fourth-order valence-corrected chi connectivity index (χ4v) is 2.23. The van der Waals surface area contributed by atoms with Crippen molar-refractivity contribution in [3.8, 4) is 0 Å². The zero-order valence-electron chi connectivity index (χ0n) is 8.54. The van der Waals surface area contributed by atoms with Crippen LogP contribution < -0.4 is 0 Å². The van der Waals surface area contributed by atoms with E-state index in [0.29, 0.717) is 15.6 Å². The van der Waals surface area contributed by atoms with Gasteiger partial charge in [-0.1, -0.05) is 29.3 Å². The Morgan fingerprint density at radius 2 is 1.88 bits per heavy atom. The van der Waals surface area contributed by atoms with Crippen LogP contribution in [-0.4, -0.2) is 26.2 Å². The zero-order valence-corrected chi connectivity index (χ0v) is 10.9. The van der Waals surface area contributed by atoms with E-state index in [9.17, 15) is 13.2 Å². The highest BCUT2D eigenvalue weighted by Gasteiger charge is 2.12. The molecule has 6 heteroatoms. The second-order valence-corrected chi connectivity index (χ2v) is 6.49. The van der Waals surface area contributed by atoms with Crippen molar-refractivity contribution in [3.05, 3.63) is 33.8 Å². The number of carbonyl (C=O) groups is 1. The van der Waals surface area contributed by atoms with Gasteiger partial charge in [0, 0.05) is 12.7 Å². The first-order valence-corrected chi connectivity index (χ1v) is 7.23. The molecule has 3 nitrogen and oxygen atoms in total. The van der Waals surface area contributed by atoms with E-state index in [2.05, 4.69) is 0 Å². The molecule has 1 rings (SSSR count). The van der Waals surface area contributed by atoms with Gasteiger partial charge in [-0.3, -0.25) is 4.79 Å². The van der Waals surface area contributed by atoms with Crippen molar-refractivity contribution in [2.24, 2.45) is 0 Å². The molecule has 0 atom stereocenters.